The Bertz CT molecular complexity index is 446. The van der Waals surface area contributed by atoms with Gasteiger partial charge in [-0.2, -0.15) is 0 Å². The summed E-state index contributed by atoms with van der Waals surface area (Å²) >= 11 is 0.391. The van der Waals surface area contributed by atoms with Gasteiger partial charge in [0.15, 0.2) is 0 Å². The number of ether oxygens (including phenoxy) is 1. The summed E-state index contributed by atoms with van der Waals surface area (Å²) in [6, 6.07) is 0. The van der Waals surface area contributed by atoms with E-state index in [1.165, 1.54) is 32.1 Å². The van der Waals surface area contributed by atoms with E-state index in [1.807, 2.05) is 7.11 Å². The van der Waals surface area contributed by atoms with E-state index in [4.69, 9.17) is 4.74 Å². The van der Waals surface area contributed by atoms with Crippen LogP contribution < -0.4 is 0 Å². The quantitative estimate of drug-likeness (QED) is 0.705. The van der Waals surface area contributed by atoms with Gasteiger partial charge in [-0.3, -0.25) is 0 Å². The van der Waals surface area contributed by atoms with Gasteiger partial charge in [0.05, 0.1) is 0 Å². The van der Waals surface area contributed by atoms with Gasteiger partial charge >= 0.3 is 136 Å². The first-order chi connectivity index (χ1) is 9.76. The molecule has 0 radical (unpaired) electrons. The number of hydrogen-bond donors (Lipinski definition) is 0. The average molecular weight is 357 g/mol. The Kier molecular flexibility index (Phi) is 3.87. The van der Waals surface area contributed by atoms with Crippen LogP contribution in [0.4, 0.5) is 0 Å². The van der Waals surface area contributed by atoms with Crippen LogP contribution >= 0.6 is 0 Å². The third-order valence-corrected chi connectivity index (χ3v) is 11.3. The van der Waals surface area contributed by atoms with Crippen molar-refractivity contribution in [2.24, 2.45) is 16.7 Å². The van der Waals surface area contributed by atoms with Gasteiger partial charge in [0.2, 0.25) is 0 Å². The molecule has 3 aliphatic carbocycles. The summed E-state index contributed by atoms with van der Waals surface area (Å²) in [7, 11) is 1.86. The molecule has 0 aromatic rings. The van der Waals surface area contributed by atoms with E-state index in [1.54, 1.807) is 0 Å². The Labute approximate surface area is 135 Å². The molecule has 0 amide bonds. The summed E-state index contributed by atoms with van der Waals surface area (Å²) in [6.07, 6.45) is 7.40. The number of methoxy groups -OCH3 is 1. The molecule has 3 aliphatic rings. The fourth-order valence-corrected chi connectivity index (χ4v) is 9.69. The molecular formula is C18H30O2Se. The summed E-state index contributed by atoms with van der Waals surface area (Å²) in [6.45, 7) is 9.20. The second kappa shape index (κ2) is 5.08. The Balaban J connectivity index is 1.81. The van der Waals surface area contributed by atoms with Gasteiger partial charge in [0.25, 0.3) is 0 Å². The molecule has 3 heteroatoms. The van der Waals surface area contributed by atoms with E-state index < -0.39 is 0 Å². The maximum absolute atomic E-state index is 13.1. The first-order valence-corrected chi connectivity index (χ1v) is 10.5. The molecule has 2 nitrogen and oxygen atoms in total. The van der Waals surface area contributed by atoms with Gasteiger partial charge in [-0.1, -0.05) is 0 Å². The van der Waals surface area contributed by atoms with Crippen molar-refractivity contribution >= 4 is 20.7 Å². The normalized spacial score (nSPS) is 48.8. The van der Waals surface area contributed by atoms with Crippen LogP contribution in [0.5, 0.6) is 0 Å². The van der Waals surface area contributed by atoms with Gasteiger partial charge in [0.1, 0.15) is 0 Å². The fourth-order valence-electron chi connectivity index (χ4n) is 5.05. The van der Waals surface area contributed by atoms with E-state index in [9.17, 15) is 4.79 Å². The van der Waals surface area contributed by atoms with Crippen molar-refractivity contribution in [3.05, 3.63) is 0 Å². The van der Waals surface area contributed by atoms with Crippen molar-refractivity contribution in [2.45, 2.75) is 81.5 Å². The number of Topliss-reactive ketones (excluding diaryl/α,β-unsaturated/α-hetero) is 1. The molecule has 2 unspecified atom stereocenters. The van der Waals surface area contributed by atoms with Crippen LogP contribution in [0.1, 0.15) is 66.2 Å². The molecule has 0 saturated heterocycles. The number of hydrogen-bond acceptors (Lipinski definition) is 2. The van der Waals surface area contributed by atoms with E-state index in [0.717, 1.165) is 6.42 Å². The summed E-state index contributed by atoms with van der Waals surface area (Å²) in [5.74, 6) is 1.21. The monoisotopic (exact) mass is 358 g/mol. The fraction of sp³-hybridized carbons (Fsp3) is 0.944. The molecule has 2 bridgehead atoms. The molecule has 5 atom stereocenters. The zero-order valence-corrected chi connectivity index (χ0v) is 15.9. The number of ketones is 1. The number of fused-ring (bicyclic) bond motifs is 2. The molecular weight excluding hydrogens is 327 g/mol. The van der Waals surface area contributed by atoms with Crippen molar-refractivity contribution in [2.75, 3.05) is 7.11 Å². The molecule has 21 heavy (non-hydrogen) atoms. The van der Waals surface area contributed by atoms with Crippen molar-refractivity contribution in [3.63, 3.8) is 0 Å². The van der Waals surface area contributed by atoms with E-state index in [0.29, 0.717) is 36.3 Å². The molecule has 3 rings (SSSR count). The van der Waals surface area contributed by atoms with Crippen LogP contribution in [0, 0.1) is 16.7 Å². The Morgan fingerprint density at radius 1 is 1.10 bits per heavy atom. The van der Waals surface area contributed by atoms with E-state index in [-0.39, 0.29) is 16.4 Å². The van der Waals surface area contributed by atoms with Gasteiger partial charge in [-0.25, -0.2) is 0 Å². The summed E-state index contributed by atoms with van der Waals surface area (Å²) in [4.78, 5) is 14.0. The molecule has 0 aliphatic heterocycles. The van der Waals surface area contributed by atoms with Crippen LogP contribution in [-0.4, -0.2) is 33.5 Å². The van der Waals surface area contributed by atoms with Crippen molar-refractivity contribution < 1.29 is 9.53 Å². The summed E-state index contributed by atoms with van der Waals surface area (Å²) in [5.41, 5.74) is 0.169. The number of carbonyl (C=O) groups is 1. The minimum atomic E-state index is -0.0533. The van der Waals surface area contributed by atoms with Crippen molar-refractivity contribution in [1.29, 1.82) is 0 Å². The molecule has 3 saturated carbocycles. The van der Waals surface area contributed by atoms with Crippen LogP contribution in [0.2, 0.25) is 9.63 Å². The van der Waals surface area contributed by atoms with Gasteiger partial charge in [-0.05, 0) is 0 Å². The van der Waals surface area contributed by atoms with Crippen molar-refractivity contribution in [3.8, 4) is 0 Å². The Morgan fingerprint density at radius 2 is 1.81 bits per heavy atom. The SMILES string of the molecule is COC1(C)CCCCC1[Se][C@@H]1C(=O)[C@]2(C)CC[C@H]1C2(C)C. The minimum absolute atomic E-state index is 0.0193. The molecule has 0 N–H and O–H groups in total. The van der Waals surface area contributed by atoms with E-state index in [2.05, 4.69) is 27.7 Å². The number of carbonyl (C=O) groups excluding carboxylic acids is 1. The zero-order chi connectivity index (χ0) is 15.5. The van der Waals surface area contributed by atoms with Crippen LogP contribution in [-0.2, 0) is 9.53 Å². The van der Waals surface area contributed by atoms with Crippen LogP contribution in [0.25, 0.3) is 0 Å². The second-order valence-electron chi connectivity index (χ2n) is 8.37. The third kappa shape index (κ3) is 2.11. The zero-order valence-electron chi connectivity index (χ0n) is 14.2. The van der Waals surface area contributed by atoms with Gasteiger partial charge < -0.3 is 0 Å². The average Bonchev–Trinajstić information content (AvgIpc) is 2.75. The standard InChI is InChI=1S/C18H30O2Se/c1-16(2)12-9-11-17(16,3)15(19)14(12)21-13-8-6-7-10-18(13,4)20-5/h12-14H,6-11H2,1-5H3/t12-,13?,14+,17+,18?/m1/s1. The Morgan fingerprint density at radius 3 is 2.38 bits per heavy atom. The molecule has 3 fully saturated rings. The van der Waals surface area contributed by atoms with Crippen LogP contribution in [0.15, 0.2) is 0 Å². The maximum atomic E-state index is 13.1. The predicted molar refractivity (Wildman–Crippen MR) is 86.8 cm³/mol. The van der Waals surface area contributed by atoms with Crippen molar-refractivity contribution in [1.82, 2.24) is 0 Å². The molecule has 0 spiro atoms. The molecule has 120 valence electrons. The van der Waals surface area contributed by atoms with E-state index >= 15 is 0 Å². The molecule has 0 aromatic heterocycles. The molecule has 0 aromatic carbocycles. The number of rotatable bonds is 3. The Hall–Kier alpha value is 0.149. The first kappa shape index (κ1) is 16.0. The summed E-state index contributed by atoms with van der Waals surface area (Å²) in [5, 5.41) is 0. The second-order valence-corrected chi connectivity index (χ2v) is 11.2. The first-order valence-electron chi connectivity index (χ1n) is 8.51. The predicted octanol–water partition coefficient (Wildman–Crippen LogP) is 4.27. The van der Waals surface area contributed by atoms with Gasteiger partial charge in [0, 0.05) is 0 Å². The molecule has 0 heterocycles. The topological polar surface area (TPSA) is 26.3 Å². The third-order valence-electron chi connectivity index (χ3n) is 7.32. The summed E-state index contributed by atoms with van der Waals surface area (Å²) < 4.78 is 5.90. The van der Waals surface area contributed by atoms with Gasteiger partial charge in [-0.15, -0.1) is 0 Å². The van der Waals surface area contributed by atoms with Crippen LogP contribution in [0.3, 0.4) is 0 Å².